The van der Waals surface area contributed by atoms with Crippen LogP contribution in [0.5, 0.6) is 0 Å². The summed E-state index contributed by atoms with van der Waals surface area (Å²) in [6.07, 6.45) is 55.3. The van der Waals surface area contributed by atoms with E-state index in [1.807, 2.05) is 6.08 Å². The number of rotatable bonds is 40. The summed E-state index contributed by atoms with van der Waals surface area (Å²) in [6.45, 7) is 4.29. The number of allylic oxidation sites excluding steroid dienone is 5. The third-order valence-corrected chi connectivity index (χ3v) is 10.1. The molecular formula is C46H87NO3. The molecule has 0 aliphatic carbocycles. The molecule has 0 aliphatic heterocycles. The number of aliphatic hydroxyl groups is 2. The van der Waals surface area contributed by atoms with Gasteiger partial charge in [-0.05, 0) is 51.4 Å². The maximum Gasteiger partial charge on any atom is 0.220 e. The van der Waals surface area contributed by atoms with Crippen LogP contribution in [0.4, 0.5) is 0 Å². The second-order valence-corrected chi connectivity index (χ2v) is 15.1. The van der Waals surface area contributed by atoms with Crippen molar-refractivity contribution in [1.82, 2.24) is 5.32 Å². The molecule has 0 bridgehead atoms. The van der Waals surface area contributed by atoms with Crippen molar-refractivity contribution in [1.29, 1.82) is 0 Å². The predicted molar refractivity (Wildman–Crippen MR) is 221 cm³/mol. The highest BCUT2D eigenvalue weighted by Crippen LogP contribution is 2.15. The summed E-state index contributed by atoms with van der Waals surface area (Å²) in [5.41, 5.74) is 0. The molecule has 2 unspecified atom stereocenters. The zero-order valence-electron chi connectivity index (χ0n) is 33.7. The highest BCUT2D eigenvalue weighted by atomic mass is 16.3. The molecular weight excluding hydrogens is 615 g/mol. The van der Waals surface area contributed by atoms with Gasteiger partial charge in [0.2, 0.25) is 5.91 Å². The van der Waals surface area contributed by atoms with Crippen molar-refractivity contribution < 1.29 is 15.0 Å². The monoisotopic (exact) mass is 702 g/mol. The SMILES string of the molecule is CCCCC/C=C\C/C=C\CCCCCCCCCC(=O)NC(CO)C(O)/C=C/CCCCCCCCCCCCCCCCCCCCC. The van der Waals surface area contributed by atoms with Crippen LogP contribution >= 0.6 is 0 Å². The van der Waals surface area contributed by atoms with Crippen molar-refractivity contribution in [3.05, 3.63) is 36.5 Å². The minimum atomic E-state index is -0.842. The summed E-state index contributed by atoms with van der Waals surface area (Å²) in [6, 6.07) is -0.625. The van der Waals surface area contributed by atoms with Crippen LogP contribution in [0.3, 0.4) is 0 Å². The van der Waals surface area contributed by atoms with E-state index in [9.17, 15) is 15.0 Å². The molecule has 0 saturated heterocycles. The van der Waals surface area contributed by atoms with Crippen molar-refractivity contribution >= 4 is 5.91 Å². The first kappa shape index (κ1) is 48.6. The molecule has 50 heavy (non-hydrogen) atoms. The number of carbonyl (C=O) groups is 1. The van der Waals surface area contributed by atoms with Gasteiger partial charge in [-0.2, -0.15) is 0 Å². The minimum absolute atomic E-state index is 0.0714. The van der Waals surface area contributed by atoms with Crippen molar-refractivity contribution in [3.8, 4) is 0 Å². The number of nitrogens with one attached hydrogen (secondary N) is 1. The van der Waals surface area contributed by atoms with Gasteiger partial charge < -0.3 is 15.5 Å². The van der Waals surface area contributed by atoms with Crippen molar-refractivity contribution in [2.45, 2.75) is 244 Å². The van der Waals surface area contributed by atoms with E-state index >= 15 is 0 Å². The molecule has 294 valence electrons. The summed E-state index contributed by atoms with van der Waals surface area (Å²) in [5.74, 6) is -0.0714. The molecule has 0 fully saturated rings. The first-order valence-electron chi connectivity index (χ1n) is 22.2. The largest absolute Gasteiger partial charge is 0.394 e. The quantitative estimate of drug-likeness (QED) is 0.0440. The predicted octanol–water partition coefficient (Wildman–Crippen LogP) is 13.8. The second-order valence-electron chi connectivity index (χ2n) is 15.1. The number of hydrogen-bond donors (Lipinski definition) is 3. The second kappa shape index (κ2) is 42.0. The zero-order valence-corrected chi connectivity index (χ0v) is 33.7. The molecule has 4 heteroatoms. The Labute approximate surface area is 312 Å². The summed E-state index contributed by atoms with van der Waals surface area (Å²) in [4.78, 5) is 12.4. The first-order chi connectivity index (χ1) is 24.7. The Hall–Kier alpha value is -1.39. The third kappa shape index (κ3) is 37.9. The van der Waals surface area contributed by atoms with E-state index in [4.69, 9.17) is 0 Å². The Morgan fingerprint density at radius 1 is 0.480 bits per heavy atom. The van der Waals surface area contributed by atoms with Crippen LogP contribution in [0, 0.1) is 0 Å². The summed E-state index contributed by atoms with van der Waals surface area (Å²) < 4.78 is 0. The van der Waals surface area contributed by atoms with Crippen molar-refractivity contribution in [2.75, 3.05) is 6.61 Å². The lowest BCUT2D eigenvalue weighted by molar-refractivity contribution is -0.123. The first-order valence-corrected chi connectivity index (χ1v) is 22.2. The molecule has 4 nitrogen and oxygen atoms in total. The van der Waals surface area contributed by atoms with E-state index in [1.165, 1.54) is 180 Å². The maximum atomic E-state index is 12.4. The molecule has 0 heterocycles. The van der Waals surface area contributed by atoms with Gasteiger partial charge in [-0.15, -0.1) is 0 Å². The van der Waals surface area contributed by atoms with Gasteiger partial charge in [-0.1, -0.05) is 211 Å². The van der Waals surface area contributed by atoms with Crippen molar-refractivity contribution in [3.63, 3.8) is 0 Å². The number of amides is 1. The Kier molecular flexibility index (Phi) is 40.9. The standard InChI is InChI=1S/C46H87NO3/c1-3-5-7-9-11-13-15-17-19-21-22-23-24-26-27-29-31-33-35-37-39-41-45(49)44(43-48)47-46(50)42-40-38-36-34-32-30-28-25-20-18-16-14-12-10-8-6-4-2/h12,14,18,20,39,41,44-45,48-49H,3-11,13,15-17,19,21-38,40,42-43H2,1-2H3,(H,47,50)/b14-12-,20-18-,41-39+. The third-order valence-electron chi connectivity index (χ3n) is 10.1. The number of unbranched alkanes of at least 4 members (excludes halogenated alkanes) is 29. The Morgan fingerprint density at radius 2 is 0.820 bits per heavy atom. The molecule has 0 aromatic carbocycles. The maximum absolute atomic E-state index is 12.4. The van der Waals surface area contributed by atoms with Crippen LogP contribution in [0.1, 0.15) is 232 Å². The summed E-state index contributed by atoms with van der Waals surface area (Å²) in [7, 11) is 0. The van der Waals surface area contributed by atoms with Gasteiger partial charge in [0.05, 0.1) is 18.8 Å². The van der Waals surface area contributed by atoms with Crippen LogP contribution < -0.4 is 5.32 Å². The average Bonchev–Trinajstić information content (AvgIpc) is 3.12. The topological polar surface area (TPSA) is 69.6 Å². The van der Waals surface area contributed by atoms with E-state index in [1.54, 1.807) is 6.08 Å². The normalized spacial score (nSPS) is 13.3. The molecule has 0 saturated carbocycles. The molecule has 0 aliphatic rings. The molecule has 2 atom stereocenters. The van der Waals surface area contributed by atoms with E-state index in [2.05, 4.69) is 43.5 Å². The molecule has 0 aromatic heterocycles. The van der Waals surface area contributed by atoms with E-state index in [0.717, 1.165) is 32.1 Å². The molecule has 0 spiro atoms. The fourth-order valence-corrected chi connectivity index (χ4v) is 6.68. The summed E-state index contributed by atoms with van der Waals surface area (Å²) in [5, 5.41) is 23.0. The Bertz CT molecular complexity index is 760. The van der Waals surface area contributed by atoms with Crippen LogP contribution in [-0.4, -0.2) is 34.9 Å². The van der Waals surface area contributed by atoms with Crippen molar-refractivity contribution in [2.24, 2.45) is 0 Å². The number of aliphatic hydroxyl groups excluding tert-OH is 2. The van der Waals surface area contributed by atoms with Gasteiger partial charge in [0, 0.05) is 6.42 Å². The lowest BCUT2D eigenvalue weighted by atomic mass is 10.0. The van der Waals surface area contributed by atoms with Gasteiger partial charge in [-0.3, -0.25) is 4.79 Å². The lowest BCUT2D eigenvalue weighted by Gasteiger charge is -2.20. The van der Waals surface area contributed by atoms with Gasteiger partial charge in [-0.25, -0.2) is 0 Å². The fourth-order valence-electron chi connectivity index (χ4n) is 6.68. The van der Waals surface area contributed by atoms with Gasteiger partial charge in [0.25, 0.3) is 0 Å². The summed E-state index contributed by atoms with van der Waals surface area (Å²) >= 11 is 0. The lowest BCUT2D eigenvalue weighted by Crippen LogP contribution is -2.45. The van der Waals surface area contributed by atoms with Crippen LogP contribution in [0.25, 0.3) is 0 Å². The highest BCUT2D eigenvalue weighted by Gasteiger charge is 2.17. The van der Waals surface area contributed by atoms with E-state index in [-0.39, 0.29) is 12.5 Å². The number of hydrogen-bond acceptors (Lipinski definition) is 3. The van der Waals surface area contributed by atoms with Crippen LogP contribution in [0.15, 0.2) is 36.5 Å². The minimum Gasteiger partial charge on any atom is -0.394 e. The Morgan fingerprint density at radius 3 is 1.24 bits per heavy atom. The number of carbonyl (C=O) groups excluding carboxylic acids is 1. The smallest absolute Gasteiger partial charge is 0.220 e. The van der Waals surface area contributed by atoms with Gasteiger partial charge in [0.1, 0.15) is 0 Å². The van der Waals surface area contributed by atoms with Crippen LogP contribution in [-0.2, 0) is 4.79 Å². The highest BCUT2D eigenvalue weighted by molar-refractivity contribution is 5.76. The van der Waals surface area contributed by atoms with E-state index < -0.39 is 12.1 Å². The van der Waals surface area contributed by atoms with Crippen LogP contribution in [0.2, 0.25) is 0 Å². The van der Waals surface area contributed by atoms with Gasteiger partial charge in [0.15, 0.2) is 0 Å². The zero-order chi connectivity index (χ0) is 36.4. The Balaban J connectivity index is 3.57. The van der Waals surface area contributed by atoms with E-state index in [0.29, 0.717) is 6.42 Å². The fraction of sp³-hybridized carbons (Fsp3) is 0.848. The molecule has 0 aromatic rings. The molecule has 0 rings (SSSR count). The molecule has 0 radical (unpaired) electrons. The molecule has 1 amide bonds. The average molecular weight is 702 g/mol. The molecule has 3 N–H and O–H groups in total. The van der Waals surface area contributed by atoms with Gasteiger partial charge >= 0.3 is 0 Å².